The third-order valence-corrected chi connectivity index (χ3v) is 4.95. The van der Waals surface area contributed by atoms with E-state index in [2.05, 4.69) is 27.9 Å². The maximum atomic E-state index is 12.0. The number of nitrogens with one attached hydrogen (secondary N) is 1. The quantitative estimate of drug-likeness (QED) is 0.405. The number of hydrogen-bond donors (Lipinski definition) is 1. The van der Waals surface area contributed by atoms with Crippen molar-refractivity contribution in [1.82, 2.24) is 10.2 Å². The summed E-state index contributed by atoms with van der Waals surface area (Å²) >= 11 is 2.17. The molecule has 3 rings (SSSR count). The minimum absolute atomic E-state index is 0.230. The molecular weight excluding hydrogens is 459 g/mol. The van der Waals surface area contributed by atoms with Gasteiger partial charge in [0, 0.05) is 7.05 Å². The van der Waals surface area contributed by atoms with Gasteiger partial charge in [-0.3, -0.25) is 9.69 Å². The SMILES string of the molecule is COc1cc(/C=C2/NC(=O)N(C)C2=O)cc(I)c1OCc1ccc(C)cc1. The summed E-state index contributed by atoms with van der Waals surface area (Å²) in [5, 5.41) is 2.55. The van der Waals surface area contributed by atoms with Crippen molar-refractivity contribution in [3.8, 4) is 11.5 Å². The predicted molar refractivity (Wildman–Crippen MR) is 111 cm³/mol. The highest BCUT2D eigenvalue weighted by molar-refractivity contribution is 14.1. The van der Waals surface area contributed by atoms with Gasteiger partial charge in [0.15, 0.2) is 11.5 Å². The number of benzene rings is 2. The average molecular weight is 478 g/mol. The number of likely N-dealkylation sites (N-methyl/N-ethyl adjacent to an activating group) is 1. The Labute approximate surface area is 171 Å². The zero-order valence-electron chi connectivity index (χ0n) is 15.2. The third kappa shape index (κ3) is 4.24. The van der Waals surface area contributed by atoms with Gasteiger partial charge in [-0.05, 0) is 58.9 Å². The van der Waals surface area contributed by atoms with Crippen LogP contribution in [0.1, 0.15) is 16.7 Å². The molecule has 1 N–H and O–H groups in total. The number of carbonyl (C=O) groups is 2. The molecule has 1 aliphatic heterocycles. The van der Waals surface area contributed by atoms with E-state index in [0.717, 1.165) is 19.6 Å². The van der Waals surface area contributed by atoms with Crippen LogP contribution in [0.25, 0.3) is 6.08 Å². The van der Waals surface area contributed by atoms with E-state index in [4.69, 9.17) is 9.47 Å². The molecule has 140 valence electrons. The maximum absolute atomic E-state index is 12.0. The van der Waals surface area contributed by atoms with Gasteiger partial charge >= 0.3 is 6.03 Å². The molecule has 0 unspecified atom stereocenters. The van der Waals surface area contributed by atoms with Gasteiger partial charge in [-0.1, -0.05) is 29.8 Å². The van der Waals surface area contributed by atoms with Gasteiger partial charge in [0.05, 0.1) is 10.7 Å². The number of hydrogen-bond acceptors (Lipinski definition) is 4. The second-order valence-electron chi connectivity index (χ2n) is 6.16. The van der Waals surface area contributed by atoms with E-state index in [1.165, 1.54) is 12.6 Å². The van der Waals surface area contributed by atoms with Crippen molar-refractivity contribution in [3.05, 3.63) is 62.4 Å². The first-order valence-corrected chi connectivity index (χ1v) is 9.33. The minimum Gasteiger partial charge on any atom is -0.493 e. The van der Waals surface area contributed by atoms with E-state index in [1.54, 1.807) is 19.3 Å². The molecule has 0 radical (unpaired) electrons. The van der Waals surface area contributed by atoms with Crippen LogP contribution in [0, 0.1) is 10.5 Å². The maximum Gasteiger partial charge on any atom is 0.328 e. The molecule has 0 atom stereocenters. The van der Waals surface area contributed by atoms with Crippen LogP contribution in [-0.4, -0.2) is 31.0 Å². The van der Waals surface area contributed by atoms with Crippen LogP contribution < -0.4 is 14.8 Å². The normalized spacial score (nSPS) is 15.3. The summed E-state index contributed by atoms with van der Waals surface area (Å²) in [4.78, 5) is 24.6. The number of imide groups is 1. The molecule has 1 saturated heterocycles. The topological polar surface area (TPSA) is 67.9 Å². The van der Waals surface area contributed by atoms with E-state index >= 15 is 0 Å². The van der Waals surface area contributed by atoms with Crippen molar-refractivity contribution < 1.29 is 19.1 Å². The molecule has 2 aromatic rings. The zero-order valence-corrected chi connectivity index (χ0v) is 17.4. The Morgan fingerprint density at radius 3 is 2.48 bits per heavy atom. The molecule has 0 spiro atoms. The van der Waals surface area contributed by atoms with Gasteiger partial charge in [-0.25, -0.2) is 4.79 Å². The van der Waals surface area contributed by atoms with E-state index in [-0.39, 0.29) is 11.6 Å². The fraction of sp³-hybridized carbons (Fsp3) is 0.200. The summed E-state index contributed by atoms with van der Waals surface area (Å²) in [5.41, 5.74) is 3.22. The molecule has 0 saturated carbocycles. The lowest BCUT2D eigenvalue weighted by atomic mass is 10.1. The number of amides is 3. The number of ether oxygens (including phenoxy) is 2. The summed E-state index contributed by atoms with van der Waals surface area (Å²) < 4.78 is 12.3. The summed E-state index contributed by atoms with van der Waals surface area (Å²) in [6, 6.07) is 11.3. The molecule has 2 aromatic carbocycles. The van der Waals surface area contributed by atoms with Crippen LogP contribution in [-0.2, 0) is 11.4 Å². The second-order valence-corrected chi connectivity index (χ2v) is 7.32. The Morgan fingerprint density at radius 2 is 1.89 bits per heavy atom. The van der Waals surface area contributed by atoms with Crippen LogP contribution in [0.15, 0.2) is 42.1 Å². The summed E-state index contributed by atoms with van der Waals surface area (Å²) in [6.07, 6.45) is 1.62. The summed E-state index contributed by atoms with van der Waals surface area (Å²) in [6.45, 7) is 2.46. The highest BCUT2D eigenvalue weighted by Gasteiger charge is 2.30. The number of aryl methyl sites for hydroxylation is 1. The van der Waals surface area contributed by atoms with Crippen molar-refractivity contribution in [2.45, 2.75) is 13.5 Å². The standard InChI is InChI=1S/C20H19IN2O4/c1-12-4-6-13(7-5-12)11-27-18-15(21)8-14(10-17(18)26-3)9-16-19(24)23(2)20(25)22-16/h4-10H,11H2,1-3H3,(H,22,25)/b16-9+. The molecule has 27 heavy (non-hydrogen) atoms. The monoisotopic (exact) mass is 478 g/mol. The van der Waals surface area contributed by atoms with E-state index < -0.39 is 6.03 Å². The number of carbonyl (C=O) groups excluding carboxylic acids is 2. The first-order valence-electron chi connectivity index (χ1n) is 8.25. The van der Waals surface area contributed by atoms with Gasteiger partial charge in [0.2, 0.25) is 0 Å². The zero-order chi connectivity index (χ0) is 19.6. The summed E-state index contributed by atoms with van der Waals surface area (Å²) in [5.74, 6) is 0.833. The van der Waals surface area contributed by atoms with Gasteiger partial charge in [0.25, 0.3) is 5.91 Å². The molecule has 1 heterocycles. The molecule has 0 aliphatic carbocycles. The molecule has 0 bridgehead atoms. The van der Waals surface area contributed by atoms with Crippen molar-refractivity contribution in [3.63, 3.8) is 0 Å². The van der Waals surface area contributed by atoms with Gasteiger partial charge < -0.3 is 14.8 Å². The fourth-order valence-corrected chi connectivity index (χ4v) is 3.37. The molecule has 7 heteroatoms. The van der Waals surface area contributed by atoms with Gasteiger partial charge in [-0.2, -0.15) is 0 Å². The predicted octanol–water partition coefficient (Wildman–Crippen LogP) is 3.71. The number of methoxy groups -OCH3 is 1. The van der Waals surface area contributed by atoms with Crippen molar-refractivity contribution in [2.75, 3.05) is 14.2 Å². The number of nitrogens with zero attached hydrogens (tertiary/aromatic N) is 1. The molecule has 3 amide bonds. The Morgan fingerprint density at radius 1 is 1.19 bits per heavy atom. The van der Waals surface area contributed by atoms with Crippen molar-refractivity contribution in [2.24, 2.45) is 0 Å². The lowest BCUT2D eigenvalue weighted by Crippen LogP contribution is -2.25. The van der Waals surface area contributed by atoms with E-state index in [1.807, 2.05) is 37.3 Å². The van der Waals surface area contributed by atoms with Crippen LogP contribution in [0.4, 0.5) is 4.79 Å². The summed E-state index contributed by atoms with van der Waals surface area (Å²) in [7, 11) is 3.00. The van der Waals surface area contributed by atoms with Crippen LogP contribution in [0.2, 0.25) is 0 Å². The lowest BCUT2D eigenvalue weighted by molar-refractivity contribution is -0.121. The van der Waals surface area contributed by atoms with Gasteiger partial charge in [0.1, 0.15) is 12.3 Å². The van der Waals surface area contributed by atoms with Gasteiger partial charge in [-0.15, -0.1) is 0 Å². The number of urea groups is 1. The fourth-order valence-electron chi connectivity index (χ4n) is 2.59. The van der Waals surface area contributed by atoms with Crippen molar-refractivity contribution >= 4 is 40.6 Å². The first kappa shape index (κ1) is 19.2. The first-order chi connectivity index (χ1) is 12.9. The van der Waals surface area contributed by atoms with Crippen molar-refractivity contribution in [1.29, 1.82) is 0 Å². The Kier molecular flexibility index (Phi) is 5.69. The molecule has 0 aromatic heterocycles. The Bertz CT molecular complexity index is 922. The lowest BCUT2D eigenvalue weighted by Gasteiger charge is -2.14. The Hall–Kier alpha value is -2.55. The highest BCUT2D eigenvalue weighted by atomic mass is 127. The third-order valence-electron chi connectivity index (χ3n) is 4.15. The Balaban J connectivity index is 1.84. The number of rotatable bonds is 5. The minimum atomic E-state index is -0.439. The average Bonchev–Trinajstić information content (AvgIpc) is 2.88. The van der Waals surface area contributed by atoms with Crippen LogP contribution in [0.5, 0.6) is 11.5 Å². The molecule has 1 fully saturated rings. The largest absolute Gasteiger partial charge is 0.493 e. The van der Waals surface area contributed by atoms with E-state index in [0.29, 0.717) is 18.1 Å². The molecule has 6 nitrogen and oxygen atoms in total. The molecular formula is C20H19IN2O4. The van der Waals surface area contributed by atoms with E-state index in [9.17, 15) is 9.59 Å². The second kappa shape index (κ2) is 7.99. The highest BCUT2D eigenvalue weighted by Crippen LogP contribution is 2.35. The number of halogens is 1. The molecule has 1 aliphatic rings. The smallest absolute Gasteiger partial charge is 0.328 e. The van der Waals surface area contributed by atoms with Crippen LogP contribution in [0.3, 0.4) is 0 Å². The van der Waals surface area contributed by atoms with Crippen LogP contribution >= 0.6 is 22.6 Å².